The monoisotopic (exact) mass is 277 g/mol. The normalized spacial score (nSPS) is 32.5. The average Bonchev–Trinajstić information content (AvgIpc) is 2.85. The van der Waals surface area contributed by atoms with Gasteiger partial charge in [0.15, 0.2) is 0 Å². The molecule has 0 bridgehead atoms. The lowest BCUT2D eigenvalue weighted by molar-refractivity contribution is 0.250. The van der Waals surface area contributed by atoms with Crippen molar-refractivity contribution in [3.05, 3.63) is 21.9 Å². The third kappa shape index (κ3) is 3.05. The molecule has 0 radical (unpaired) electrons. The van der Waals surface area contributed by atoms with E-state index in [0.717, 1.165) is 11.8 Å². The first kappa shape index (κ1) is 13.6. The van der Waals surface area contributed by atoms with Gasteiger partial charge in [0.1, 0.15) is 0 Å². The minimum absolute atomic E-state index is 0.582. The van der Waals surface area contributed by atoms with E-state index in [9.17, 15) is 0 Å². The molecule has 0 saturated heterocycles. The summed E-state index contributed by atoms with van der Waals surface area (Å²) in [6.45, 7) is 6.95. The van der Waals surface area contributed by atoms with Crippen molar-refractivity contribution in [1.82, 2.24) is 5.32 Å². The van der Waals surface area contributed by atoms with Crippen LogP contribution in [-0.2, 0) is 12.8 Å². The van der Waals surface area contributed by atoms with Gasteiger partial charge in [-0.2, -0.15) is 0 Å². The molecule has 0 spiro atoms. The van der Waals surface area contributed by atoms with E-state index in [4.69, 9.17) is 0 Å². The second-order valence-electron chi connectivity index (χ2n) is 6.74. The predicted molar refractivity (Wildman–Crippen MR) is 83.8 cm³/mol. The molecule has 0 aliphatic heterocycles. The highest BCUT2D eigenvalue weighted by atomic mass is 32.1. The molecule has 2 aliphatic carbocycles. The molecule has 2 saturated carbocycles. The summed E-state index contributed by atoms with van der Waals surface area (Å²) in [7, 11) is 0. The SMILES string of the molecule is CCCNCC1(Cc2ccc(CC)s2)CC2CC2C1. The van der Waals surface area contributed by atoms with Gasteiger partial charge >= 0.3 is 0 Å². The number of thiophene rings is 1. The van der Waals surface area contributed by atoms with E-state index in [1.807, 2.05) is 11.3 Å². The second-order valence-corrected chi connectivity index (χ2v) is 7.99. The van der Waals surface area contributed by atoms with Gasteiger partial charge in [0.2, 0.25) is 0 Å². The van der Waals surface area contributed by atoms with Gasteiger partial charge in [0, 0.05) is 16.3 Å². The van der Waals surface area contributed by atoms with Gasteiger partial charge in [-0.1, -0.05) is 13.8 Å². The van der Waals surface area contributed by atoms with Crippen molar-refractivity contribution in [2.24, 2.45) is 17.3 Å². The van der Waals surface area contributed by atoms with Crippen molar-refractivity contribution in [3.63, 3.8) is 0 Å². The lowest BCUT2D eigenvalue weighted by atomic mass is 9.79. The molecule has 0 amide bonds. The molecule has 2 atom stereocenters. The molecule has 2 aliphatic rings. The number of fused-ring (bicyclic) bond motifs is 1. The van der Waals surface area contributed by atoms with Crippen LogP contribution in [0, 0.1) is 17.3 Å². The van der Waals surface area contributed by atoms with Crippen LogP contribution in [0.2, 0.25) is 0 Å². The Morgan fingerprint density at radius 3 is 2.58 bits per heavy atom. The largest absolute Gasteiger partial charge is 0.316 e. The first-order valence-corrected chi connectivity index (χ1v) is 8.84. The van der Waals surface area contributed by atoms with Crippen molar-refractivity contribution in [2.75, 3.05) is 13.1 Å². The van der Waals surface area contributed by atoms with Crippen LogP contribution in [0.15, 0.2) is 12.1 Å². The molecule has 2 heteroatoms. The smallest absolute Gasteiger partial charge is 0.00541 e. The number of hydrogen-bond donors (Lipinski definition) is 1. The third-order valence-corrected chi connectivity index (χ3v) is 6.23. The first-order valence-electron chi connectivity index (χ1n) is 8.03. The molecule has 2 fully saturated rings. The summed E-state index contributed by atoms with van der Waals surface area (Å²) in [6.07, 6.45) is 8.25. The molecular weight excluding hydrogens is 250 g/mol. The minimum atomic E-state index is 0.582. The topological polar surface area (TPSA) is 12.0 Å². The zero-order chi connectivity index (χ0) is 13.3. The molecule has 1 aromatic rings. The van der Waals surface area contributed by atoms with E-state index in [1.165, 1.54) is 51.6 Å². The quantitative estimate of drug-likeness (QED) is 0.734. The van der Waals surface area contributed by atoms with E-state index in [2.05, 4.69) is 31.3 Å². The predicted octanol–water partition coefficient (Wildman–Crippen LogP) is 4.27. The minimum Gasteiger partial charge on any atom is -0.316 e. The third-order valence-electron chi connectivity index (χ3n) is 5.00. The highest BCUT2D eigenvalue weighted by molar-refractivity contribution is 7.11. The van der Waals surface area contributed by atoms with Gasteiger partial charge < -0.3 is 5.32 Å². The molecule has 1 aromatic heterocycles. The van der Waals surface area contributed by atoms with E-state index in [-0.39, 0.29) is 0 Å². The summed E-state index contributed by atoms with van der Waals surface area (Å²) in [5.74, 6) is 2.16. The summed E-state index contributed by atoms with van der Waals surface area (Å²) in [5.41, 5.74) is 0.582. The fourth-order valence-electron chi connectivity index (χ4n) is 3.96. The number of nitrogens with one attached hydrogen (secondary N) is 1. The molecule has 1 heterocycles. The summed E-state index contributed by atoms with van der Waals surface area (Å²) < 4.78 is 0. The highest BCUT2D eigenvalue weighted by Gasteiger charge is 2.53. The Balaban J connectivity index is 1.65. The summed E-state index contributed by atoms with van der Waals surface area (Å²) in [4.78, 5) is 3.17. The summed E-state index contributed by atoms with van der Waals surface area (Å²) in [6, 6.07) is 4.72. The van der Waals surface area contributed by atoms with Crippen LogP contribution in [0.5, 0.6) is 0 Å². The van der Waals surface area contributed by atoms with Crippen LogP contribution in [0.25, 0.3) is 0 Å². The number of hydrogen-bond acceptors (Lipinski definition) is 2. The van der Waals surface area contributed by atoms with Crippen LogP contribution in [0.1, 0.15) is 49.3 Å². The van der Waals surface area contributed by atoms with Crippen molar-refractivity contribution in [2.45, 2.75) is 52.4 Å². The van der Waals surface area contributed by atoms with Crippen molar-refractivity contribution >= 4 is 11.3 Å². The Morgan fingerprint density at radius 2 is 1.95 bits per heavy atom. The molecule has 2 unspecified atom stereocenters. The molecule has 3 rings (SSSR count). The maximum atomic E-state index is 3.70. The van der Waals surface area contributed by atoms with Crippen LogP contribution >= 0.6 is 11.3 Å². The van der Waals surface area contributed by atoms with Crippen molar-refractivity contribution in [1.29, 1.82) is 0 Å². The first-order chi connectivity index (χ1) is 9.24. The van der Waals surface area contributed by atoms with Gasteiger partial charge in [-0.3, -0.25) is 0 Å². The van der Waals surface area contributed by atoms with Gasteiger partial charge in [0.25, 0.3) is 0 Å². The fourth-order valence-corrected chi connectivity index (χ4v) is 5.10. The molecule has 1 nitrogen and oxygen atoms in total. The van der Waals surface area contributed by atoms with Crippen molar-refractivity contribution in [3.8, 4) is 0 Å². The maximum Gasteiger partial charge on any atom is 0.00541 e. The van der Waals surface area contributed by atoms with Gasteiger partial charge in [0.05, 0.1) is 0 Å². The Labute approximate surface area is 121 Å². The Bertz CT molecular complexity index is 413. The van der Waals surface area contributed by atoms with E-state index < -0.39 is 0 Å². The van der Waals surface area contributed by atoms with Gasteiger partial charge in [-0.15, -0.1) is 11.3 Å². The van der Waals surface area contributed by atoms with E-state index in [0.29, 0.717) is 5.41 Å². The average molecular weight is 277 g/mol. The molecule has 1 N–H and O–H groups in total. The standard InChI is InChI=1S/C17H27NS/c1-3-7-18-12-17(9-13-8-14(13)10-17)11-16-6-5-15(4-2)19-16/h5-6,13-14,18H,3-4,7-12H2,1-2H3. The maximum absolute atomic E-state index is 3.70. The molecule has 0 aromatic carbocycles. The lowest BCUT2D eigenvalue weighted by Crippen LogP contribution is -2.35. The lowest BCUT2D eigenvalue weighted by Gasteiger charge is -2.31. The Kier molecular flexibility index (Phi) is 4.00. The number of rotatable bonds is 7. The molecule has 106 valence electrons. The summed E-state index contributed by atoms with van der Waals surface area (Å²) in [5, 5.41) is 3.70. The van der Waals surface area contributed by atoms with Gasteiger partial charge in [-0.25, -0.2) is 0 Å². The van der Waals surface area contributed by atoms with Crippen molar-refractivity contribution < 1.29 is 0 Å². The second kappa shape index (κ2) is 5.57. The molecule has 19 heavy (non-hydrogen) atoms. The van der Waals surface area contributed by atoms with Gasteiger partial charge in [-0.05, 0) is 74.5 Å². The highest BCUT2D eigenvalue weighted by Crippen LogP contribution is 2.60. The van der Waals surface area contributed by atoms with Crippen LogP contribution in [-0.4, -0.2) is 13.1 Å². The molecular formula is C17H27NS. The van der Waals surface area contributed by atoms with E-state index in [1.54, 1.807) is 9.75 Å². The Hall–Kier alpha value is -0.340. The Morgan fingerprint density at radius 1 is 1.21 bits per heavy atom. The van der Waals surface area contributed by atoms with Crippen LogP contribution < -0.4 is 5.32 Å². The van der Waals surface area contributed by atoms with Crippen LogP contribution in [0.4, 0.5) is 0 Å². The zero-order valence-corrected chi connectivity index (χ0v) is 13.2. The van der Waals surface area contributed by atoms with E-state index >= 15 is 0 Å². The fraction of sp³-hybridized carbons (Fsp3) is 0.765. The summed E-state index contributed by atoms with van der Waals surface area (Å²) >= 11 is 2.05. The van der Waals surface area contributed by atoms with Crippen LogP contribution in [0.3, 0.4) is 0 Å². The zero-order valence-electron chi connectivity index (χ0n) is 12.4. The number of aryl methyl sites for hydroxylation is 1.